The number of hydrogen-bond acceptors (Lipinski definition) is 5. The molecule has 0 aromatic carbocycles. The highest BCUT2D eigenvalue weighted by molar-refractivity contribution is 5.85. The van der Waals surface area contributed by atoms with Crippen LogP contribution in [-0.4, -0.2) is 24.5 Å². The van der Waals surface area contributed by atoms with Crippen molar-refractivity contribution in [3.8, 4) is 0 Å². The second-order valence-corrected chi connectivity index (χ2v) is 3.07. The Morgan fingerprint density at radius 2 is 1.81 bits per heavy atom. The molecule has 90 valence electrons. The molecule has 0 radical (unpaired) electrons. The molecule has 0 rings (SSSR count). The largest absolute Gasteiger partial charge is 0.463 e. The highest BCUT2D eigenvalue weighted by atomic mass is 16.6. The number of carbonyl (C=O) groups excluding carboxylic acids is 3. The van der Waals surface area contributed by atoms with E-state index in [-0.39, 0.29) is 19.4 Å². The van der Waals surface area contributed by atoms with E-state index in [1.165, 1.54) is 0 Å². The molecule has 0 aromatic rings. The zero-order valence-electron chi connectivity index (χ0n) is 9.36. The molecule has 0 amide bonds. The van der Waals surface area contributed by atoms with Gasteiger partial charge >= 0.3 is 17.9 Å². The summed E-state index contributed by atoms with van der Waals surface area (Å²) in [6, 6.07) is 0. The SMILES string of the molecule is C=CC(=O)OCCCC(=O)OC(=O)CCC. The number of carbonyl (C=O) groups is 3. The van der Waals surface area contributed by atoms with Crippen LogP contribution in [0.4, 0.5) is 0 Å². The van der Waals surface area contributed by atoms with Crippen molar-refractivity contribution in [3.63, 3.8) is 0 Å². The van der Waals surface area contributed by atoms with Crippen molar-refractivity contribution in [3.05, 3.63) is 12.7 Å². The lowest BCUT2D eigenvalue weighted by molar-refractivity contribution is -0.160. The zero-order valence-corrected chi connectivity index (χ0v) is 9.36. The Labute approximate surface area is 94.4 Å². The first-order valence-electron chi connectivity index (χ1n) is 5.12. The Morgan fingerprint density at radius 3 is 2.38 bits per heavy atom. The third-order valence-electron chi connectivity index (χ3n) is 1.62. The lowest BCUT2D eigenvalue weighted by Gasteiger charge is -2.02. The van der Waals surface area contributed by atoms with Crippen LogP contribution < -0.4 is 0 Å². The molecule has 0 saturated carbocycles. The zero-order chi connectivity index (χ0) is 12.4. The molecule has 5 heteroatoms. The van der Waals surface area contributed by atoms with Gasteiger partial charge in [0.2, 0.25) is 0 Å². The first-order chi connectivity index (χ1) is 7.60. The van der Waals surface area contributed by atoms with Gasteiger partial charge in [-0.2, -0.15) is 0 Å². The van der Waals surface area contributed by atoms with E-state index in [9.17, 15) is 14.4 Å². The quantitative estimate of drug-likeness (QED) is 0.285. The number of rotatable bonds is 7. The normalized spacial score (nSPS) is 9.31. The van der Waals surface area contributed by atoms with Crippen LogP contribution in [0.2, 0.25) is 0 Å². The van der Waals surface area contributed by atoms with E-state index in [1.54, 1.807) is 0 Å². The van der Waals surface area contributed by atoms with Crippen LogP contribution in [0.1, 0.15) is 32.6 Å². The Morgan fingerprint density at radius 1 is 1.19 bits per heavy atom. The molecule has 0 fully saturated rings. The molecular formula is C11H16O5. The van der Waals surface area contributed by atoms with Gasteiger partial charge in [0.15, 0.2) is 0 Å². The molecule has 0 unspecified atom stereocenters. The smallest absolute Gasteiger partial charge is 0.330 e. The number of esters is 3. The minimum Gasteiger partial charge on any atom is -0.463 e. The maximum absolute atomic E-state index is 11.0. The summed E-state index contributed by atoms with van der Waals surface area (Å²) >= 11 is 0. The van der Waals surface area contributed by atoms with Crippen LogP contribution >= 0.6 is 0 Å². The lowest BCUT2D eigenvalue weighted by atomic mass is 10.3. The van der Waals surface area contributed by atoms with Crippen molar-refractivity contribution in [2.24, 2.45) is 0 Å². The van der Waals surface area contributed by atoms with Gasteiger partial charge in [0, 0.05) is 18.9 Å². The summed E-state index contributed by atoms with van der Waals surface area (Å²) in [5.74, 6) is -1.64. The third-order valence-corrected chi connectivity index (χ3v) is 1.62. The van der Waals surface area contributed by atoms with E-state index in [4.69, 9.17) is 0 Å². The molecule has 16 heavy (non-hydrogen) atoms. The van der Waals surface area contributed by atoms with Gasteiger partial charge in [-0.25, -0.2) is 4.79 Å². The highest BCUT2D eigenvalue weighted by Gasteiger charge is 2.09. The maximum Gasteiger partial charge on any atom is 0.330 e. The first-order valence-corrected chi connectivity index (χ1v) is 5.12. The van der Waals surface area contributed by atoms with Crippen LogP contribution in [0.15, 0.2) is 12.7 Å². The van der Waals surface area contributed by atoms with Crippen LogP contribution in [0.25, 0.3) is 0 Å². The van der Waals surface area contributed by atoms with Gasteiger partial charge in [-0.05, 0) is 12.8 Å². The van der Waals surface area contributed by atoms with Gasteiger partial charge < -0.3 is 9.47 Å². The third kappa shape index (κ3) is 7.73. The molecule has 0 spiro atoms. The summed E-state index contributed by atoms with van der Waals surface area (Å²) in [6.45, 7) is 5.16. The van der Waals surface area contributed by atoms with Crippen molar-refractivity contribution in [2.45, 2.75) is 32.6 Å². The van der Waals surface area contributed by atoms with Gasteiger partial charge in [0.05, 0.1) is 6.61 Å². The minimum absolute atomic E-state index is 0.0554. The Balaban J connectivity index is 3.54. The topological polar surface area (TPSA) is 69.7 Å². The first kappa shape index (κ1) is 14.3. The fourth-order valence-electron chi connectivity index (χ4n) is 0.881. The van der Waals surface area contributed by atoms with E-state index in [0.29, 0.717) is 12.8 Å². The van der Waals surface area contributed by atoms with Crippen molar-refractivity contribution in [1.29, 1.82) is 0 Å². The molecule has 0 atom stereocenters. The molecule has 0 N–H and O–H groups in total. The van der Waals surface area contributed by atoms with Gasteiger partial charge in [0.25, 0.3) is 0 Å². The van der Waals surface area contributed by atoms with Crippen molar-refractivity contribution >= 4 is 17.9 Å². The van der Waals surface area contributed by atoms with Gasteiger partial charge in [-0.1, -0.05) is 13.5 Å². The summed E-state index contributed by atoms with van der Waals surface area (Å²) in [5.41, 5.74) is 0. The lowest BCUT2D eigenvalue weighted by Crippen LogP contribution is -2.12. The fourth-order valence-corrected chi connectivity index (χ4v) is 0.881. The fraction of sp³-hybridized carbons (Fsp3) is 0.545. The van der Waals surface area contributed by atoms with E-state index < -0.39 is 17.9 Å². The number of hydrogen-bond donors (Lipinski definition) is 0. The van der Waals surface area contributed by atoms with E-state index in [2.05, 4.69) is 16.1 Å². The van der Waals surface area contributed by atoms with E-state index in [0.717, 1.165) is 6.08 Å². The average Bonchev–Trinajstić information content (AvgIpc) is 2.24. The molecule has 0 saturated heterocycles. The van der Waals surface area contributed by atoms with Crippen molar-refractivity contribution in [1.82, 2.24) is 0 Å². The summed E-state index contributed by atoms with van der Waals surface area (Å²) in [4.78, 5) is 32.5. The van der Waals surface area contributed by atoms with Crippen LogP contribution in [0.5, 0.6) is 0 Å². The predicted octanol–water partition coefficient (Wildman–Crippen LogP) is 1.37. The predicted molar refractivity (Wildman–Crippen MR) is 56.4 cm³/mol. The maximum atomic E-state index is 11.0. The Bertz CT molecular complexity index is 270. The second-order valence-electron chi connectivity index (χ2n) is 3.07. The van der Waals surface area contributed by atoms with E-state index in [1.807, 2.05) is 6.92 Å². The molecule has 5 nitrogen and oxygen atoms in total. The van der Waals surface area contributed by atoms with Crippen LogP contribution in [0.3, 0.4) is 0 Å². The molecule has 0 aliphatic carbocycles. The molecular weight excluding hydrogens is 212 g/mol. The number of ether oxygens (including phenoxy) is 2. The van der Waals surface area contributed by atoms with E-state index >= 15 is 0 Å². The van der Waals surface area contributed by atoms with Gasteiger partial charge in [-0.15, -0.1) is 0 Å². The Kier molecular flexibility index (Phi) is 7.75. The molecule has 0 bridgehead atoms. The molecule has 0 heterocycles. The molecule has 0 aliphatic heterocycles. The van der Waals surface area contributed by atoms with Crippen LogP contribution in [-0.2, 0) is 23.9 Å². The summed E-state index contributed by atoms with van der Waals surface area (Å²) in [7, 11) is 0. The summed E-state index contributed by atoms with van der Waals surface area (Å²) in [5, 5.41) is 0. The monoisotopic (exact) mass is 228 g/mol. The van der Waals surface area contributed by atoms with Gasteiger partial charge in [0.1, 0.15) is 0 Å². The summed E-state index contributed by atoms with van der Waals surface area (Å²) < 4.78 is 9.13. The average molecular weight is 228 g/mol. The minimum atomic E-state index is -0.590. The second kappa shape index (κ2) is 8.64. The van der Waals surface area contributed by atoms with Gasteiger partial charge in [-0.3, -0.25) is 9.59 Å². The molecule has 0 aromatic heterocycles. The standard InChI is InChI=1S/C11H16O5/c1-3-6-10(13)16-11(14)7-5-8-15-9(12)4-2/h4H,2-3,5-8H2,1H3. The highest BCUT2D eigenvalue weighted by Crippen LogP contribution is 1.98. The molecule has 0 aliphatic rings. The summed E-state index contributed by atoms with van der Waals surface area (Å²) in [6.07, 6.45) is 2.31. The van der Waals surface area contributed by atoms with Crippen molar-refractivity contribution in [2.75, 3.05) is 6.61 Å². The van der Waals surface area contributed by atoms with Crippen LogP contribution in [0, 0.1) is 0 Å². The Hall–Kier alpha value is -1.65. The van der Waals surface area contributed by atoms with Crippen molar-refractivity contribution < 1.29 is 23.9 Å².